The minimum atomic E-state index is -0.652. The maximum atomic E-state index is 11.3. The van der Waals surface area contributed by atoms with Gasteiger partial charge in [-0.05, 0) is 37.3 Å². The predicted octanol–water partition coefficient (Wildman–Crippen LogP) is 3.63. The van der Waals surface area contributed by atoms with E-state index in [4.69, 9.17) is 0 Å². The van der Waals surface area contributed by atoms with E-state index in [9.17, 15) is 9.90 Å². The van der Waals surface area contributed by atoms with Crippen molar-refractivity contribution in [3.63, 3.8) is 0 Å². The third-order valence-corrected chi connectivity index (χ3v) is 4.46. The molecule has 2 aromatic rings. The highest BCUT2D eigenvalue weighted by Gasteiger charge is 2.28. The Balaban J connectivity index is 2.09. The van der Waals surface area contributed by atoms with Crippen LogP contribution in [-0.4, -0.2) is 15.6 Å². The van der Waals surface area contributed by atoms with Crippen molar-refractivity contribution in [2.24, 2.45) is 5.92 Å². The van der Waals surface area contributed by atoms with E-state index in [1.54, 1.807) is 0 Å². The number of hydrogen-bond donors (Lipinski definition) is 1. The molecule has 0 bridgehead atoms. The Hall–Kier alpha value is -1.77. The molecule has 1 aromatic heterocycles. The molecule has 20 heavy (non-hydrogen) atoms. The summed E-state index contributed by atoms with van der Waals surface area (Å²) in [5.74, 6) is -0.867. The molecule has 1 heterocycles. The third kappa shape index (κ3) is 2.11. The number of fused-ring (bicyclic) bond motifs is 3. The predicted molar refractivity (Wildman–Crippen MR) is 80.0 cm³/mol. The van der Waals surface area contributed by atoms with Gasteiger partial charge in [-0.3, -0.25) is 4.79 Å². The molecule has 0 saturated heterocycles. The highest BCUT2D eigenvalue weighted by molar-refractivity contribution is 5.86. The molecule has 3 rings (SSSR count). The first kappa shape index (κ1) is 13.2. The molecule has 0 saturated carbocycles. The van der Waals surface area contributed by atoms with E-state index in [0.717, 1.165) is 19.4 Å². The summed E-state index contributed by atoms with van der Waals surface area (Å²) in [6, 6.07) is 8.43. The van der Waals surface area contributed by atoms with Gasteiger partial charge in [0.05, 0.1) is 5.92 Å². The van der Waals surface area contributed by atoms with Gasteiger partial charge in [0.25, 0.3) is 0 Å². The minimum Gasteiger partial charge on any atom is -0.481 e. The van der Waals surface area contributed by atoms with E-state index in [-0.39, 0.29) is 5.92 Å². The normalized spacial score (nSPS) is 18.1. The van der Waals surface area contributed by atoms with Crippen molar-refractivity contribution in [3.8, 4) is 0 Å². The second-order valence-electron chi connectivity index (χ2n) is 5.73. The molecule has 1 aliphatic carbocycles. The topological polar surface area (TPSA) is 42.2 Å². The number of carboxylic acids is 1. The van der Waals surface area contributed by atoms with Crippen molar-refractivity contribution in [1.82, 2.24) is 4.57 Å². The monoisotopic (exact) mass is 271 g/mol. The van der Waals surface area contributed by atoms with Crippen LogP contribution in [0.25, 0.3) is 10.9 Å². The number of aryl methyl sites for hydroxylation is 1. The van der Waals surface area contributed by atoms with Gasteiger partial charge in [-0.1, -0.05) is 31.5 Å². The number of benzene rings is 1. The number of aliphatic carboxylic acids is 1. The second kappa shape index (κ2) is 5.31. The highest BCUT2D eigenvalue weighted by Crippen LogP contribution is 2.34. The summed E-state index contributed by atoms with van der Waals surface area (Å²) in [6.45, 7) is 3.25. The zero-order valence-electron chi connectivity index (χ0n) is 11.9. The van der Waals surface area contributed by atoms with Gasteiger partial charge >= 0.3 is 5.97 Å². The van der Waals surface area contributed by atoms with Crippen LogP contribution in [0.4, 0.5) is 0 Å². The average molecular weight is 271 g/mol. The molecule has 3 heteroatoms. The summed E-state index contributed by atoms with van der Waals surface area (Å²) < 4.78 is 2.42. The number of nitrogens with zero attached hydrogens (tertiary/aromatic N) is 1. The van der Waals surface area contributed by atoms with E-state index in [1.807, 2.05) is 0 Å². The lowest BCUT2D eigenvalue weighted by atomic mass is 9.86. The Labute approximate surface area is 119 Å². The molecule has 1 N–H and O–H groups in total. The smallest absolute Gasteiger partial charge is 0.306 e. The molecule has 1 unspecified atom stereocenters. The fourth-order valence-corrected chi connectivity index (χ4v) is 3.38. The summed E-state index contributed by atoms with van der Waals surface area (Å²) in [5, 5.41) is 10.5. The maximum absolute atomic E-state index is 11.3. The van der Waals surface area contributed by atoms with Crippen LogP contribution < -0.4 is 0 Å². The van der Waals surface area contributed by atoms with Crippen LogP contribution >= 0.6 is 0 Å². The molecule has 0 radical (unpaired) electrons. The van der Waals surface area contributed by atoms with Crippen molar-refractivity contribution < 1.29 is 9.90 Å². The van der Waals surface area contributed by atoms with Crippen molar-refractivity contribution >= 4 is 16.9 Å². The van der Waals surface area contributed by atoms with Crippen LogP contribution in [0.2, 0.25) is 0 Å². The Morgan fingerprint density at radius 2 is 2.20 bits per heavy atom. The number of carbonyl (C=O) groups is 1. The Bertz CT molecular complexity index is 642. The molecule has 1 atom stereocenters. The van der Waals surface area contributed by atoms with Gasteiger partial charge in [-0.2, -0.15) is 0 Å². The average Bonchev–Trinajstić information content (AvgIpc) is 2.78. The Morgan fingerprint density at radius 3 is 2.95 bits per heavy atom. The van der Waals surface area contributed by atoms with Crippen LogP contribution in [0.15, 0.2) is 24.3 Å². The number of aromatic nitrogens is 1. The van der Waals surface area contributed by atoms with Crippen LogP contribution in [0, 0.1) is 5.92 Å². The van der Waals surface area contributed by atoms with E-state index in [2.05, 4.69) is 35.8 Å². The van der Waals surface area contributed by atoms with Crippen LogP contribution in [-0.2, 0) is 24.2 Å². The molecule has 3 nitrogen and oxygen atoms in total. The third-order valence-electron chi connectivity index (χ3n) is 4.46. The van der Waals surface area contributed by atoms with Gasteiger partial charge in [0.1, 0.15) is 0 Å². The van der Waals surface area contributed by atoms with Gasteiger partial charge < -0.3 is 9.67 Å². The minimum absolute atomic E-state index is 0.215. The lowest BCUT2D eigenvalue weighted by molar-refractivity contribution is -0.142. The first-order valence-electron chi connectivity index (χ1n) is 7.54. The Kier molecular flexibility index (Phi) is 3.51. The molecule has 1 aliphatic rings. The zero-order valence-corrected chi connectivity index (χ0v) is 11.9. The number of hydrogen-bond acceptors (Lipinski definition) is 1. The molecule has 0 amide bonds. The van der Waals surface area contributed by atoms with Gasteiger partial charge in [0, 0.05) is 23.1 Å². The Morgan fingerprint density at radius 1 is 1.40 bits per heavy atom. The lowest BCUT2D eigenvalue weighted by Crippen LogP contribution is -2.23. The standard InChI is InChI=1S/C17H21NO2/c1-2-3-10-18-15-7-5-4-6-13(15)14-11-12(17(19)20)8-9-16(14)18/h4-7,12H,2-3,8-11H2,1H3,(H,19,20). The number of para-hydroxylation sites is 1. The molecule has 106 valence electrons. The van der Waals surface area contributed by atoms with Gasteiger partial charge in [-0.25, -0.2) is 0 Å². The van der Waals surface area contributed by atoms with Crippen LogP contribution in [0.1, 0.15) is 37.4 Å². The molecular formula is C17H21NO2. The summed E-state index contributed by atoms with van der Waals surface area (Å²) >= 11 is 0. The largest absolute Gasteiger partial charge is 0.481 e. The molecular weight excluding hydrogens is 250 g/mol. The molecule has 0 aliphatic heterocycles. The lowest BCUT2D eigenvalue weighted by Gasteiger charge is -2.21. The van der Waals surface area contributed by atoms with Crippen LogP contribution in [0.3, 0.4) is 0 Å². The first-order valence-corrected chi connectivity index (χ1v) is 7.54. The van der Waals surface area contributed by atoms with Crippen molar-refractivity contribution in [3.05, 3.63) is 35.5 Å². The zero-order chi connectivity index (χ0) is 14.1. The van der Waals surface area contributed by atoms with Crippen molar-refractivity contribution in [2.45, 2.75) is 45.6 Å². The molecule has 1 aromatic carbocycles. The van der Waals surface area contributed by atoms with Crippen molar-refractivity contribution in [2.75, 3.05) is 0 Å². The SMILES string of the molecule is CCCCn1c2c(c3ccccc31)CC(C(=O)O)CC2. The number of carboxylic acid groups (broad SMARTS) is 1. The second-order valence-corrected chi connectivity index (χ2v) is 5.73. The van der Waals surface area contributed by atoms with E-state index in [1.165, 1.54) is 35.0 Å². The first-order chi connectivity index (χ1) is 9.72. The summed E-state index contributed by atoms with van der Waals surface area (Å²) in [5.41, 5.74) is 3.92. The number of unbranched alkanes of at least 4 members (excludes halogenated alkanes) is 1. The van der Waals surface area contributed by atoms with Gasteiger partial charge in [-0.15, -0.1) is 0 Å². The molecule has 0 fully saturated rings. The quantitative estimate of drug-likeness (QED) is 0.922. The van der Waals surface area contributed by atoms with Gasteiger partial charge in [0.2, 0.25) is 0 Å². The molecule has 0 spiro atoms. The van der Waals surface area contributed by atoms with E-state index < -0.39 is 5.97 Å². The van der Waals surface area contributed by atoms with Crippen molar-refractivity contribution in [1.29, 1.82) is 0 Å². The van der Waals surface area contributed by atoms with Gasteiger partial charge in [0.15, 0.2) is 0 Å². The highest BCUT2D eigenvalue weighted by atomic mass is 16.4. The summed E-state index contributed by atoms with van der Waals surface area (Å²) in [7, 11) is 0. The fourth-order valence-electron chi connectivity index (χ4n) is 3.38. The summed E-state index contributed by atoms with van der Waals surface area (Å²) in [4.78, 5) is 11.3. The van der Waals surface area contributed by atoms with E-state index >= 15 is 0 Å². The summed E-state index contributed by atoms with van der Waals surface area (Å²) in [6.07, 6.45) is 4.70. The number of rotatable bonds is 4. The fraction of sp³-hybridized carbons (Fsp3) is 0.471. The van der Waals surface area contributed by atoms with E-state index in [0.29, 0.717) is 6.42 Å². The maximum Gasteiger partial charge on any atom is 0.306 e. The van der Waals surface area contributed by atoms with Crippen LogP contribution in [0.5, 0.6) is 0 Å².